The second-order valence-corrected chi connectivity index (χ2v) is 5.86. The van der Waals surface area contributed by atoms with Gasteiger partial charge in [-0.3, -0.25) is 4.79 Å². The number of amides is 1. The Kier molecular flexibility index (Phi) is 5.00. The second kappa shape index (κ2) is 6.74. The molecule has 0 saturated heterocycles. The zero-order valence-electron chi connectivity index (χ0n) is 11.4. The van der Waals surface area contributed by atoms with Crippen molar-refractivity contribution in [2.75, 3.05) is 11.9 Å². The summed E-state index contributed by atoms with van der Waals surface area (Å²) in [6, 6.07) is 13.5. The Morgan fingerprint density at radius 2 is 2.00 bits per heavy atom. The molecule has 1 amide bonds. The van der Waals surface area contributed by atoms with Gasteiger partial charge in [0.05, 0.1) is 0 Å². The molecule has 0 atom stereocenters. The highest BCUT2D eigenvalue weighted by Crippen LogP contribution is 2.18. The van der Waals surface area contributed by atoms with Crippen molar-refractivity contribution < 1.29 is 9.53 Å². The van der Waals surface area contributed by atoms with Crippen LogP contribution in [0.15, 0.2) is 42.5 Å². The van der Waals surface area contributed by atoms with E-state index in [0.717, 1.165) is 20.6 Å². The predicted octanol–water partition coefficient (Wildman–Crippen LogP) is 3.93. The first-order valence-corrected chi connectivity index (χ1v) is 7.38. The van der Waals surface area contributed by atoms with Gasteiger partial charge in [-0.2, -0.15) is 0 Å². The van der Waals surface area contributed by atoms with Crippen molar-refractivity contribution in [1.82, 2.24) is 0 Å². The van der Waals surface area contributed by atoms with Crippen LogP contribution >= 0.6 is 22.6 Å². The molecule has 0 aliphatic rings. The Morgan fingerprint density at radius 3 is 2.70 bits per heavy atom. The molecule has 3 nitrogen and oxygen atoms in total. The third-order valence-electron chi connectivity index (χ3n) is 2.80. The first-order chi connectivity index (χ1) is 9.54. The number of carbonyl (C=O) groups is 1. The van der Waals surface area contributed by atoms with Crippen LogP contribution in [0, 0.1) is 17.4 Å². The lowest BCUT2D eigenvalue weighted by molar-refractivity contribution is -0.118. The Balaban J connectivity index is 1.92. The normalized spacial score (nSPS) is 10.2. The summed E-state index contributed by atoms with van der Waals surface area (Å²) >= 11 is 2.21. The molecule has 0 aliphatic carbocycles. The van der Waals surface area contributed by atoms with E-state index < -0.39 is 0 Å². The summed E-state index contributed by atoms with van der Waals surface area (Å²) in [5.74, 6) is 0.584. The fourth-order valence-corrected chi connectivity index (χ4v) is 2.41. The number of anilines is 1. The highest BCUT2D eigenvalue weighted by atomic mass is 127. The van der Waals surface area contributed by atoms with Crippen molar-refractivity contribution in [1.29, 1.82) is 0 Å². The highest BCUT2D eigenvalue weighted by Gasteiger charge is 2.05. The number of nitrogens with one attached hydrogen (secondary N) is 1. The molecule has 0 aromatic heterocycles. The molecule has 4 heteroatoms. The summed E-state index contributed by atoms with van der Waals surface area (Å²) in [6.45, 7) is 4.01. The minimum Gasteiger partial charge on any atom is -0.483 e. The predicted molar refractivity (Wildman–Crippen MR) is 89.2 cm³/mol. The van der Waals surface area contributed by atoms with Crippen LogP contribution in [0.2, 0.25) is 0 Å². The van der Waals surface area contributed by atoms with E-state index in [1.165, 1.54) is 5.56 Å². The number of rotatable bonds is 4. The minimum atomic E-state index is -0.160. The van der Waals surface area contributed by atoms with E-state index in [9.17, 15) is 4.79 Å². The van der Waals surface area contributed by atoms with Crippen LogP contribution < -0.4 is 10.1 Å². The van der Waals surface area contributed by atoms with E-state index in [2.05, 4.69) is 27.9 Å². The fourth-order valence-electron chi connectivity index (χ4n) is 1.87. The Hall–Kier alpha value is -1.56. The van der Waals surface area contributed by atoms with Crippen LogP contribution in [0.25, 0.3) is 0 Å². The monoisotopic (exact) mass is 381 g/mol. The molecule has 0 bridgehead atoms. The standard InChI is InChI=1S/C16H16INO2/c1-11-6-7-15(12(2)8-11)20-10-16(19)18-14-5-3-4-13(17)9-14/h3-9H,10H2,1-2H3,(H,18,19). The van der Waals surface area contributed by atoms with Crippen molar-refractivity contribution >= 4 is 34.2 Å². The number of hydrogen-bond donors (Lipinski definition) is 1. The molecule has 2 aromatic carbocycles. The van der Waals surface area contributed by atoms with E-state index in [1.807, 2.05) is 56.3 Å². The number of benzene rings is 2. The Labute approximate surface area is 132 Å². The quantitative estimate of drug-likeness (QED) is 0.816. The van der Waals surface area contributed by atoms with Gasteiger partial charge in [-0.05, 0) is 66.3 Å². The number of aryl methyl sites for hydroxylation is 2. The third-order valence-corrected chi connectivity index (χ3v) is 3.47. The van der Waals surface area contributed by atoms with Crippen molar-refractivity contribution in [2.24, 2.45) is 0 Å². The molecule has 1 N–H and O–H groups in total. The molecular formula is C16H16INO2. The number of ether oxygens (including phenoxy) is 1. The molecule has 104 valence electrons. The summed E-state index contributed by atoms with van der Waals surface area (Å²) in [4.78, 5) is 11.8. The molecule has 0 heterocycles. The van der Waals surface area contributed by atoms with Crippen LogP contribution in [0.4, 0.5) is 5.69 Å². The molecule has 0 radical (unpaired) electrons. The lowest BCUT2D eigenvalue weighted by Crippen LogP contribution is -2.20. The molecular weight excluding hydrogens is 365 g/mol. The lowest BCUT2D eigenvalue weighted by Gasteiger charge is -2.10. The van der Waals surface area contributed by atoms with Gasteiger partial charge in [-0.1, -0.05) is 23.8 Å². The molecule has 0 aliphatic heterocycles. The van der Waals surface area contributed by atoms with E-state index in [0.29, 0.717) is 0 Å². The van der Waals surface area contributed by atoms with Crippen LogP contribution in [-0.4, -0.2) is 12.5 Å². The van der Waals surface area contributed by atoms with Gasteiger partial charge < -0.3 is 10.1 Å². The van der Waals surface area contributed by atoms with Gasteiger partial charge in [-0.15, -0.1) is 0 Å². The molecule has 2 aromatic rings. The lowest BCUT2D eigenvalue weighted by atomic mass is 10.1. The van der Waals surface area contributed by atoms with Gasteiger partial charge in [0.25, 0.3) is 5.91 Å². The van der Waals surface area contributed by atoms with E-state index in [4.69, 9.17) is 4.74 Å². The van der Waals surface area contributed by atoms with Crippen molar-refractivity contribution in [3.05, 3.63) is 57.2 Å². The van der Waals surface area contributed by atoms with Crippen LogP contribution in [0.5, 0.6) is 5.75 Å². The minimum absolute atomic E-state index is 0.00930. The van der Waals surface area contributed by atoms with Gasteiger partial charge in [0, 0.05) is 9.26 Å². The van der Waals surface area contributed by atoms with Crippen molar-refractivity contribution in [3.63, 3.8) is 0 Å². The summed E-state index contributed by atoms with van der Waals surface area (Å²) in [5, 5.41) is 2.82. The van der Waals surface area contributed by atoms with E-state index >= 15 is 0 Å². The van der Waals surface area contributed by atoms with E-state index in [1.54, 1.807) is 0 Å². The molecule has 0 unspecified atom stereocenters. The zero-order chi connectivity index (χ0) is 14.5. The molecule has 0 fully saturated rings. The highest BCUT2D eigenvalue weighted by molar-refractivity contribution is 14.1. The molecule has 0 saturated carbocycles. The van der Waals surface area contributed by atoms with Gasteiger partial charge in [-0.25, -0.2) is 0 Å². The Morgan fingerprint density at radius 1 is 1.20 bits per heavy atom. The first kappa shape index (κ1) is 14.8. The van der Waals surface area contributed by atoms with Gasteiger partial charge in [0.1, 0.15) is 5.75 Å². The average Bonchev–Trinajstić information content (AvgIpc) is 2.37. The molecule has 0 spiro atoms. The van der Waals surface area contributed by atoms with Crippen LogP contribution in [0.1, 0.15) is 11.1 Å². The number of hydrogen-bond acceptors (Lipinski definition) is 2. The van der Waals surface area contributed by atoms with Gasteiger partial charge in [0.2, 0.25) is 0 Å². The maximum absolute atomic E-state index is 11.8. The van der Waals surface area contributed by atoms with Crippen molar-refractivity contribution in [3.8, 4) is 5.75 Å². The third kappa shape index (κ3) is 4.23. The van der Waals surface area contributed by atoms with Gasteiger partial charge >= 0.3 is 0 Å². The van der Waals surface area contributed by atoms with Crippen LogP contribution in [-0.2, 0) is 4.79 Å². The van der Waals surface area contributed by atoms with Crippen LogP contribution in [0.3, 0.4) is 0 Å². The molecule has 2 rings (SSSR count). The van der Waals surface area contributed by atoms with Crippen molar-refractivity contribution in [2.45, 2.75) is 13.8 Å². The number of halogens is 1. The smallest absolute Gasteiger partial charge is 0.262 e. The Bertz CT molecular complexity index is 626. The summed E-state index contributed by atoms with van der Waals surface area (Å²) in [6.07, 6.45) is 0. The summed E-state index contributed by atoms with van der Waals surface area (Å²) in [5.41, 5.74) is 3.00. The SMILES string of the molecule is Cc1ccc(OCC(=O)Nc2cccc(I)c2)c(C)c1. The first-order valence-electron chi connectivity index (χ1n) is 6.30. The molecule has 20 heavy (non-hydrogen) atoms. The van der Waals surface area contributed by atoms with E-state index in [-0.39, 0.29) is 12.5 Å². The average molecular weight is 381 g/mol. The zero-order valence-corrected chi connectivity index (χ0v) is 13.6. The topological polar surface area (TPSA) is 38.3 Å². The largest absolute Gasteiger partial charge is 0.483 e. The van der Waals surface area contributed by atoms with Gasteiger partial charge in [0.15, 0.2) is 6.61 Å². The number of carbonyl (C=O) groups excluding carboxylic acids is 1. The fraction of sp³-hybridized carbons (Fsp3) is 0.188. The maximum Gasteiger partial charge on any atom is 0.262 e. The summed E-state index contributed by atoms with van der Waals surface area (Å²) in [7, 11) is 0. The summed E-state index contributed by atoms with van der Waals surface area (Å²) < 4.78 is 6.62. The second-order valence-electron chi connectivity index (χ2n) is 4.62. The maximum atomic E-state index is 11.8.